The van der Waals surface area contributed by atoms with Gasteiger partial charge in [0.15, 0.2) is 15.9 Å². The summed E-state index contributed by atoms with van der Waals surface area (Å²) in [5.41, 5.74) is 6.96. The lowest BCUT2D eigenvalue weighted by Crippen LogP contribution is -2.07. The van der Waals surface area contributed by atoms with E-state index in [0.717, 1.165) is 16.9 Å². The van der Waals surface area contributed by atoms with Gasteiger partial charge in [-0.25, -0.2) is 9.97 Å². The summed E-state index contributed by atoms with van der Waals surface area (Å²) in [7, 11) is 0. The maximum Gasteiger partial charge on any atom is 0.271 e. The van der Waals surface area contributed by atoms with Gasteiger partial charge in [0.05, 0.1) is 0 Å². The van der Waals surface area contributed by atoms with Gasteiger partial charge in [0.2, 0.25) is 0 Å². The maximum absolute atomic E-state index is 11.9. The number of rotatable bonds is 4. The molecule has 3 N–H and O–H groups in total. The molecule has 0 amide bonds. The molecule has 0 radical (unpaired) electrons. The van der Waals surface area contributed by atoms with Crippen molar-refractivity contribution in [3.05, 3.63) is 52.3 Å². The van der Waals surface area contributed by atoms with Gasteiger partial charge in [-0.2, -0.15) is 0 Å². The van der Waals surface area contributed by atoms with E-state index in [1.807, 2.05) is 42.5 Å². The smallest absolute Gasteiger partial charge is 0.271 e. The van der Waals surface area contributed by atoms with Crippen LogP contribution in [0.5, 0.6) is 0 Å². The van der Waals surface area contributed by atoms with Crippen LogP contribution in [0, 0.1) is 0 Å². The first kappa shape index (κ1) is 13.8. The van der Waals surface area contributed by atoms with Crippen molar-refractivity contribution in [1.82, 2.24) is 15.0 Å². The fourth-order valence-electron chi connectivity index (χ4n) is 1.77. The van der Waals surface area contributed by atoms with E-state index in [-0.39, 0.29) is 5.56 Å². The molecular weight excluding hydrogens is 304 g/mol. The van der Waals surface area contributed by atoms with Crippen molar-refractivity contribution in [2.45, 2.75) is 5.16 Å². The number of thioether (sulfide) groups is 1. The Morgan fingerprint density at radius 3 is 2.90 bits per heavy atom. The van der Waals surface area contributed by atoms with Crippen molar-refractivity contribution in [3.63, 3.8) is 0 Å². The Labute approximate surface area is 128 Å². The normalized spacial score (nSPS) is 11.4. The lowest BCUT2D eigenvalue weighted by Gasteiger charge is -1.97. The highest BCUT2D eigenvalue weighted by molar-refractivity contribution is 7.99. The molecule has 0 aliphatic heterocycles. The first-order chi connectivity index (χ1) is 10.2. The number of anilines is 1. The topological polar surface area (TPSA) is 84.7 Å². The third-order valence-corrected chi connectivity index (χ3v) is 4.38. The van der Waals surface area contributed by atoms with Gasteiger partial charge in [-0.1, -0.05) is 65.6 Å². The Kier molecular flexibility index (Phi) is 4.03. The Hall–Kier alpha value is -2.12. The quantitative estimate of drug-likeness (QED) is 0.571. The third-order valence-electron chi connectivity index (χ3n) is 2.69. The lowest BCUT2D eigenvalue weighted by molar-refractivity contribution is 0.970. The molecular formula is C14H12N4OS2. The van der Waals surface area contributed by atoms with Gasteiger partial charge in [-0.3, -0.25) is 4.79 Å². The largest absolute Gasteiger partial charge is 0.375 e. The van der Waals surface area contributed by atoms with E-state index in [0.29, 0.717) is 26.4 Å². The highest BCUT2D eigenvalue weighted by Crippen LogP contribution is 2.20. The molecule has 0 unspecified atom stereocenters. The summed E-state index contributed by atoms with van der Waals surface area (Å²) in [5, 5.41) is 0.907. The third kappa shape index (κ3) is 3.32. The standard InChI is InChI=1S/C14H12N4OS2/c15-13-16-11-10(21-13)12(19)18-14(17-11)20-8-4-7-9-5-2-1-3-6-9/h1-7H,8H2,(H3,15,16,17,18,19)/b7-4+. The van der Waals surface area contributed by atoms with E-state index in [9.17, 15) is 4.79 Å². The van der Waals surface area contributed by atoms with Crippen molar-refractivity contribution in [2.75, 3.05) is 11.5 Å². The van der Waals surface area contributed by atoms with Gasteiger partial charge in [0.25, 0.3) is 5.56 Å². The summed E-state index contributed by atoms with van der Waals surface area (Å²) < 4.78 is 0.469. The van der Waals surface area contributed by atoms with Crippen LogP contribution in [-0.4, -0.2) is 20.7 Å². The number of hydrogen-bond acceptors (Lipinski definition) is 6. The minimum atomic E-state index is -0.191. The van der Waals surface area contributed by atoms with Crippen LogP contribution in [0.4, 0.5) is 5.13 Å². The number of thiazole rings is 1. The van der Waals surface area contributed by atoms with Gasteiger partial charge >= 0.3 is 0 Å². The molecule has 0 aliphatic rings. The summed E-state index contributed by atoms with van der Waals surface area (Å²) in [5.74, 6) is 0.711. The highest BCUT2D eigenvalue weighted by Gasteiger charge is 2.08. The molecule has 2 heterocycles. The summed E-state index contributed by atoms with van der Waals surface area (Å²) in [6.07, 6.45) is 4.06. The number of aromatic amines is 1. The molecule has 106 valence electrons. The van der Waals surface area contributed by atoms with Crippen LogP contribution in [0.2, 0.25) is 0 Å². The molecule has 1 aromatic carbocycles. The van der Waals surface area contributed by atoms with Crippen LogP contribution >= 0.6 is 23.1 Å². The first-order valence-corrected chi connectivity index (χ1v) is 8.03. The molecule has 0 saturated heterocycles. The number of hydrogen-bond donors (Lipinski definition) is 2. The van der Waals surface area contributed by atoms with E-state index in [1.165, 1.54) is 11.8 Å². The molecule has 0 aliphatic carbocycles. The number of benzene rings is 1. The fraction of sp³-hybridized carbons (Fsp3) is 0.0714. The number of H-pyrrole nitrogens is 1. The molecule has 0 bridgehead atoms. The molecule has 0 atom stereocenters. The second-order valence-electron chi connectivity index (χ2n) is 4.20. The maximum atomic E-state index is 11.9. The van der Waals surface area contributed by atoms with Crippen molar-refractivity contribution in [1.29, 1.82) is 0 Å². The number of aromatic nitrogens is 3. The Bertz CT molecular complexity index is 839. The Balaban J connectivity index is 1.71. The monoisotopic (exact) mass is 316 g/mol. The number of fused-ring (bicyclic) bond motifs is 1. The first-order valence-electron chi connectivity index (χ1n) is 6.23. The van der Waals surface area contributed by atoms with Crippen LogP contribution < -0.4 is 11.3 Å². The van der Waals surface area contributed by atoms with Gasteiger partial charge in [-0.05, 0) is 5.56 Å². The summed E-state index contributed by atoms with van der Waals surface area (Å²) >= 11 is 2.60. The van der Waals surface area contributed by atoms with Gasteiger partial charge in [-0.15, -0.1) is 0 Å². The number of nitrogens with one attached hydrogen (secondary N) is 1. The molecule has 0 saturated carbocycles. The minimum Gasteiger partial charge on any atom is -0.375 e. The van der Waals surface area contributed by atoms with Crippen LogP contribution in [0.25, 0.3) is 16.4 Å². The number of nitrogens with zero attached hydrogens (tertiary/aromatic N) is 2. The zero-order chi connectivity index (χ0) is 14.7. The predicted octanol–water partition coefficient (Wildman–Crippen LogP) is 2.77. The Morgan fingerprint density at radius 1 is 1.29 bits per heavy atom. The van der Waals surface area contributed by atoms with E-state index >= 15 is 0 Å². The van der Waals surface area contributed by atoms with Crippen LogP contribution in [0.15, 0.2) is 46.4 Å². The number of nitrogens with two attached hydrogens (primary N) is 1. The van der Waals surface area contributed by atoms with Crippen LogP contribution in [0.1, 0.15) is 5.56 Å². The molecule has 7 heteroatoms. The van der Waals surface area contributed by atoms with Crippen molar-refractivity contribution >= 4 is 44.7 Å². The molecule has 3 aromatic rings. The van der Waals surface area contributed by atoms with Gasteiger partial charge < -0.3 is 10.7 Å². The van der Waals surface area contributed by atoms with E-state index < -0.39 is 0 Å². The zero-order valence-corrected chi connectivity index (χ0v) is 12.6. The van der Waals surface area contributed by atoms with Crippen LogP contribution in [0.3, 0.4) is 0 Å². The van der Waals surface area contributed by atoms with E-state index in [4.69, 9.17) is 5.73 Å². The zero-order valence-electron chi connectivity index (χ0n) is 10.9. The average molecular weight is 316 g/mol. The lowest BCUT2D eigenvalue weighted by atomic mass is 10.2. The van der Waals surface area contributed by atoms with E-state index in [2.05, 4.69) is 15.0 Å². The van der Waals surface area contributed by atoms with Crippen molar-refractivity contribution < 1.29 is 0 Å². The predicted molar refractivity (Wildman–Crippen MR) is 88.6 cm³/mol. The fourth-order valence-corrected chi connectivity index (χ4v) is 3.11. The molecule has 0 fully saturated rings. The molecule has 0 spiro atoms. The number of nitrogen functional groups attached to an aromatic ring is 1. The average Bonchev–Trinajstić information content (AvgIpc) is 2.86. The molecule has 5 nitrogen and oxygen atoms in total. The second-order valence-corrected chi connectivity index (χ2v) is 6.24. The molecule has 21 heavy (non-hydrogen) atoms. The van der Waals surface area contributed by atoms with E-state index in [1.54, 1.807) is 0 Å². The van der Waals surface area contributed by atoms with Gasteiger partial charge in [0.1, 0.15) is 4.70 Å². The van der Waals surface area contributed by atoms with Crippen molar-refractivity contribution in [3.8, 4) is 0 Å². The van der Waals surface area contributed by atoms with Crippen molar-refractivity contribution in [2.24, 2.45) is 0 Å². The Morgan fingerprint density at radius 2 is 2.10 bits per heavy atom. The summed E-state index contributed by atoms with van der Waals surface area (Å²) in [6.45, 7) is 0. The second kappa shape index (κ2) is 6.11. The highest BCUT2D eigenvalue weighted by atomic mass is 32.2. The minimum absolute atomic E-state index is 0.191. The molecule has 2 aromatic heterocycles. The summed E-state index contributed by atoms with van der Waals surface area (Å²) in [6, 6.07) is 10.0. The SMILES string of the molecule is Nc1nc2nc(SC/C=C/c3ccccc3)[nH]c(=O)c2s1. The van der Waals surface area contributed by atoms with Crippen LogP contribution in [-0.2, 0) is 0 Å². The summed E-state index contributed by atoms with van der Waals surface area (Å²) in [4.78, 5) is 22.9. The molecule has 3 rings (SSSR count). The van der Waals surface area contributed by atoms with Gasteiger partial charge in [0, 0.05) is 5.75 Å².